The number of rotatable bonds is 2. The zero-order valence-corrected chi connectivity index (χ0v) is 13.0. The maximum atomic E-state index is 12.5. The van der Waals surface area contributed by atoms with Crippen molar-refractivity contribution < 1.29 is 9.21 Å². The summed E-state index contributed by atoms with van der Waals surface area (Å²) in [6.07, 6.45) is 2.20. The lowest BCUT2D eigenvalue weighted by Gasteiger charge is -2.27. The van der Waals surface area contributed by atoms with Crippen molar-refractivity contribution in [2.24, 2.45) is 0 Å². The third-order valence-electron chi connectivity index (χ3n) is 3.82. The van der Waals surface area contributed by atoms with E-state index in [0.29, 0.717) is 18.1 Å². The van der Waals surface area contributed by atoms with Crippen LogP contribution in [-0.2, 0) is 13.0 Å². The molecule has 2 aromatic heterocycles. The number of nitrogens with one attached hydrogen (secondary N) is 1. The first-order valence-corrected chi connectivity index (χ1v) is 8.15. The number of carbonyl (C=O) groups is 1. The summed E-state index contributed by atoms with van der Waals surface area (Å²) in [6.45, 7) is 1.40. The number of aromatic nitrogens is 2. The summed E-state index contributed by atoms with van der Waals surface area (Å²) >= 11 is 1.76. The Labute approximate surface area is 136 Å². The molecular formula is C16H14N4O2S. The number of amides is 2. The second-order valence-electron chi connectivity index (χ2n) is 5.30. The van der Waals surface area contributed by atoms with Crippen LogP contribution >= 0.6 is 11.3 Å². The van der Waals surface area contributed by atoms with Crippen LogP contribution in [0, 0.1) is 0 Å². The molecular weight excluding hydrogens is 312 g/mol. The van der Waals surface area contributed by atoms with Gasteiger partial charge in [0, 0.05) is 29.2 Å². The van der Waals surface area contributed by atoms with Crippen molar-refractivity contribution in [3.63, 3.8) is 0 Å². The topological polar surface area (TPSA) is 71.3 Å². The quantitative estimate of drug-likeness (QED) is 0.783. The molecule has 0 fully saturated rings. The van der Waals surface area contributed by atoms with E-state index in [1.54, 1.807) is 11.3 Å². The summed E-state index contributed by atoms with van der Waals surface area (Å²) in [4.78, 5) is 15.7. The Bertz CT molecular complexity index is 828. The molecule has 2 amide bonds. The van der Waals surface area contributed by atoms with Gasteiger partial charge >= 0.3 is 6.03 Å². The van der Waals surface area contributed by atoms with Crippen molar-refractivity contribution in [1.29, 1.82) is 0 Å². The number of nitrogens with zero attached hydrogens (tertiary/aromatic N) is 3. The minimum Gasteiger partial charge on any atom is -0.423 e. The van der Waals surface area contributed by atoms with E-state index in [2.05, 4.69) is 27.0 Å². The number of fused-ring (bicyclic) bond motifs is 1. The highest BCUT2D eigenvalue weighted by Gasteiger charge is 2.21. The number of benzene rings is 1. The van der Waals surface area contributed by atoms with Crippen molar-refractivity contribution in [1.82, 2.24) is 15.1 Å². The molecule has 4 rings (SSSR count). The van der Waals surface area contributed by atoms with Crippen LogP contribution < -0.4 is 5.32 Å². The fourth-order valence-electron chi connectivity index (χ4n) is 2.65. The maximum Gasteiger partial charge on any atom is 0.322 e. The van der Waals surface area contributed by atoms with E-state index in [-0.39, 0.29) is 6.03 Å². The standard InChI is InChI=1S/C16H14N4O2S/c21-16(20-6-4-14-12(9-20)5-7-23-14)18-13-3-1-2-11(8-13)15-19-17-10-22-15/h1-3,5,7-8,10H,4,6,9H2,(H,18,21). The van der Waals surface area contributed by atoms with Gasteiger partial charge in [-0.15, -0.1) is 21.5 Å². The zero-order valence-electron chi connectivity index (χ0n) is 12.2. The number of anilines is 1. The minimum atomic E-state index is -0.0930. The molecule has 1 aliphatic rings. The fraction of sp³-hybridized carbons (Fsp3) is 0.188. The molecule has 1 N–H and O–H groups in total. The molecule has 0 radical (unpaired) electrons. The molecule has 3 aromatic rings. The summed E-state index contributed by atoms with van der Waals surface area (Å²) in [7, 11) is 0. The van der Waals surface area contributed by atoms with Gasteiger partial charge < -0.3 is 14.6 Å². The molecule has 0 saturated carbocycles. The third kappa shape index (κ3) is 2.83. The molecule has 0 unspecified atom stereocenters. The van der Waals surface area contributed by atoms with E-state index in [1.807, 2.05) is 29.2 Å². The Balaban J connectivity index is 1.48. The van der Waals surface area contributed by atoms with Gasteiger partial charge in [0.1, 0.15) is 0 Å². The molecule has 0 bridgehead atoms. The van der Waals surface area contributed by atoms with Crippen LogP contribution in [0.15, 0.2) is 46.5 Å². The summed E-state index contributed by atoms with van der Waals surface area (Å²) in [5, 5.41) is 12.6. The Hall–Kier alpha value is -2.67. The molecule has 1 aliphatic heterocycles. The van der Waals surface area contributed by atoms with Gasteiger partial charge in [-0.2, -0.15) is 0 Å². The van der Waals surface area contributed by atoms with Crippen LogP contribution in [0.25, 0.3) is 11.5 Å². The minimum absolute atomic E-state index is 0.0930. The Morgan fingerprint density at radius 2 is 2.30 bits per heavy atom. The molecule has 0 aliphatic carbocycles. The molecule has 0 atom stereocenters. The van der Waals surface area contributed by atoms with Crippen molar-refractivity contribution in [3.8, 4) is 11.5 Å². The van der Waals surface area contributed by atoms with Gasteiger partial charge in [0.2, 0.25) is 12.3 Å². The van der Waals surface area contributed by atoms with Gasteiger partial charge in [-0.05, 0) is 41.6 Å². The van der Waals surface area contributed by atoms with Crippen LogP contribution in [-0.4, -0.2) is 27.7 Å². The first kappa shape index (κ1) is 14.0. The van der Waals surface area contributed by atoms with Gasteiger partial charge in [-0.1, -0.05) is 6.07 Å². The second kappa shape index (κ2) is 5.85. The van der Waals surface area contributed by atoms with Crippen LogP contribution in [0.3, 0.4) is 0 Å². The van der Waals surface area contributed by atoms with Crippen molar-refractivity contribution in [2.75, 3.05) is 11.9 Å². The van der Waals surface area contributed by atoms with E-state index in [9.17, 15) is 4.79 Å². The normalized spacial score (nSPS) is 13.7. The lowest BCUT2D eigenvalue weighted by molar-refractivity contribution is 0.207. The lowest BCUT2D eigenvalue weighted by Crippen LogP contribution is -2.38. The molecule has 6 nitrogen and oxygen atoms in total. The van der Waals surface area contributed by atoms with Gasteiger partial charge in [-0.25, -0.2) is 4.79 Å². The number of thiophene rings is 1. The van der Waals surface area contributed by atoms with Crippen LogP contribution in [0.5, 0.6) is 0 Å². The van der Waals surface area contributed by atoms with Crippen molar-refractivity contribution in [2.45, 2.75) is 13.0 Å². The Kier molecular flexibility index (Phi) is 3.55. The van der Waals surface area contributed by atoms with E-state index in [0.717, 1.165) is 18.5 Å². The van der Waals surface area contributed by atoms with Crippen molar-refractivity contribution >= 4 is 23.1 Å². The van der Waals surface area contributed by atoms with Crippen LogP contribution in [0.4, 0.5) is 10.5 Å². The summed E-state index contributed by atoms with van der Waals surface area (Å²) in [6, 6.07) is 9.38. The maximum absolute atomic E-state index is 12.5. The van der Waals surface area contributed by atoms with E-state index in [1.165, 1.54) is 16.8 Å². The average Bonchev–Trinajstić information content (AvgIpc) is 3.26. The molecule has 23 heavy (non-hydrogen) atoms. The molecule has 3 heterocycles. The monoisotopic (exact) mass is 326 g/mol. The third-order valence-corrected chi connectivity index (χ3v) is 4.84. The second-order valence-corrected chi connectivity index (χ2v) is 6.30. The fourth-order valence-corrected chi connectivity index (χ4v) is 3.54. The molecule has 0 spiro atoms. The van der Waals surface area contributed by atoms with E-state index in [4.69, 9.17) is 4.42 Å². The van der Waals surface area contributed by atoms with Gasteiger partial charge in [-0.3, -0.25) is 0 Å². The van der Waals surface area contributed by atoms with Gasteiger partial charge in [0.05, 0.1) is 0 Å². The molecule has 116 valence electrons. The van der Waals surface area contributed by atoms with Crippen LogP contribution in [0.1, 0.15) is 10.4 Å². The highest BCUT2D eigenvalue weighted by atomic mass is 32.1. The summed E-state index contributed by atoms with van der Waals surface area (Å²) in [5.41, 5.74) is 2.73. The number of hydrogen-bond acceptors (Lipinski definition) is 5. The Morgan fingerprint density at radius 1 is 1.35 bits per heavy atom. The van der Waals surface area contributed by atoms with Crippen LogP contribution in [0.2, 0.25) is 0 Å². The highest BCUT2D eigenvalue weighted by Crippen LogP contribution is 2.25. The zero-order chi connectivity index (χ0) is 15.6. The Morgan fingerprint density at radius 3 is 3.17 bits per heavy atom. The molecule has 1 aromatic carbocycles. The average molecular weight is 326 g/mol. The van der Waals surface area contributed by atoms with Gasteiger partial charge in [0.15, 0.2) is 0 Å². The number of hydrogen-bond donors (Lipinski definition) is 1. The summed E-state index contributed by atoms with van der Waals surface area (Å²) < 4.78 is 5.18. The van der Waals surface area contributed by atoms with Crippen molar-refractivity contribution in [3.05, 3.63) is 52.5 Å². The largest absolute Gasteiger partial charge is 0.423 e. The first-order valence-electron chi connectivity index (χ1n) is 7.27. The smallest absolute Gasteiger partial charge is 0.322 e. The molecule has 0 saturated heterocycles. The summed E-state index contributed by atoms with van der Waals surface area (Å²) in [5.74, 6) is 0.432. The number of carbonyl (C=O) groups excluding carboxylic acids is 1. The first-order chi connectivity index (χ1) is 11.3. The number of urea groups is 1. The van der Waals surface area contributed by atoms with E-state index >= 15 is 0 Å². The SMILES string of the molecule is O=C(Nc1cccc(-c2nnco2)c1)N1CCc2sccc2C1. The molecule has 7 heteroatoms. The van der Waals surface area contributed by atoms with E-state index < -0.39 is 0 Å². The highest BCUT2D eigenvalue weighted by molar-refractivity contribution is 7.10. The predicted molar refractivity (Wildman–Crippen MR) is 87.2 cm³/mol. The van der Waals surface area contributed by atoms with Gasteiger partial charge in [0.25, 0.3) is 0 Å². The predicted octanol–water partition coefficient (Wildman–Crippen LogP) is 3.39. The lowest BCUT2D eigenvalue weighted by atomic mass is 10.1.